The van der Waals surface area contributed by atoms with E-state index in [1.54, 1.807) is 0 Å². The monoisotopic (exact) mass is 263 g/mol. The van der Waals surface area contributed by atoms with Crippen LogP contribution in [0.25, 0.3) is 0 Å². The number of anilines is 2. The van der Waals surface area contributed by atoms with Crippen molar-refractivity contribution in [2.75, 3.05) is 36.5 Å². The fourth-order valence-electron chi connectivity index (χ4n) is 2.54. The Bertz CT molecular complexity index is 506. The Morgan fingerprint density at radius 2 is 2.37 bits per heavy atom. The number of hydrogen-bond donors (Lipinski definition) is 3. The highest BCUT2D eigenvalue weighted by Gasteiger charge is 2.28. The van der Waals surface area contributed by atoms with Crippen LogP contribution in [-0.2, 0) is 9.53 Å². The second-order valence-corrected chi connectivity index (χ2v) is 4.86. The van der Waals surface area contributed by atoms with Gasteiger partial charge in [-0.3, -0.25) is 4.79 Å². The topological polar surface area (TPSA) is 87.8 Å². The maximum atomic E-state index is 11.5. The molecule has 2 aliphatic rings. The molecule has 0 saturated carbocycles. The quantitative estimate of drug-likeness (QED) is 0.690. The van der Waals surface area contributed by atoms with Gasteiger partial charge in [-0.15, -0.1) is 0 Å². The summed E-state index contributed by atoms with van der Waals surface area (Å²) in [5.74, 6) is -0.164. The summed E-state index contributed by atoms with van der Waals surface area (Å²) in [5.41, 5.74) is 8.41. The maximum absolute atomic E-state index is 11.5. The second kappa shape index (κ2) is 4.80. The number of nitrogens with one attached hydrogen (secondary N) is 1. The fraction of sp³-hybridized carbons (Fsp3) is 0.462. The van der Waals surface area contributed by atoms with Crippen LogP contribution in [0.1, 0.15) is 11.6 Å². The molecule has 1 fully saturated rings. The lowest BCUT2D eigenvalue weighted by Gasteiger charge is -2.34. The third-order valence-corrected chi connectivity index (χ3v) is 3.62. The van der Waals surface area contributed by atoms with Crippen LogP contribution in [0.4, 0.5) is 11.4 Å². The minimum absolute atomic E-state index is 0.0169. The summed E-state index contributed by atoms with van der Waals surface area (Å²) >= 11 is 0. The number of morpholine rings is 1. The normalized spacial score (nSPS) is 26.2. The first-order valence-corrected chi connectivity index (χ1v) is 6.37. The molecule has 1 aromatic carbocycles. The largest absolute Gasteiger partial charge is 0.394 e. The van der Waals surface area contributed by atoms with Crippen LogP contribution in [0, 0.1) is 0 Å². The number of amides is 1. The van der Waals surface area contributed by atoms with Crippen molar-refractivity contribution in [1.82, 2.24) is 0 Å². The molecule has 2 heterocycles. The van der Waals surface area contributed by atoms with E-state index in [9.17, 15) is 4.79 Å². The minimum Gasteiger partial charge on any atom is -0.394 e. The lowest BCUT2D eigenvalue weighted by molar-refractivity contribution is -0.116. The highest BCUT2D eigenvalue weighted by molar-refractivity contribution is 6.02. The first-order valence-electron chi connectivity index (χ1n) is 6.37. The zero-order valence-corrected chi connectivity index (χ0v) is 10.5. The van der Waals surface area contributed by atoms with E-state index in [1.165, 1.54) is 0 Å². The van der Waals surface area contributed by atoms with E-state index in [0.29, 0.717) is 13.2 Å². The van der Waals surface area contributed by atoms with Crippen LogP contribution in [-0.4, -0.2) is 43.4 Å². The van der Waals surface area contributed by atoms with E-state index < -0.39 is 6.04 Å². The van der Waals surface area contributed by atoms with Crippen LogP contribution in [0.3, 0.4) is 0 Å². The van der Waals surface area contributed by atoms with E-state index in [2.05, 4.69) is 10.2 Å². The first kappa shape index (κ1) is 12.4. The summed E-state index contributed by atoms with van der Waals surface area (Å²) in [4.78, 5) is 13.7. The van der Waals surface area contributed by atoms with E-state index in [1.807, 2.05) is 18.2 Å². The molecule has 1 saturated heterocycles. The van der Waals surface area contributed by atoms with E-state index in [0.717, 1.165) is 23.5 Å². The van der Waals surface area contributed by atoms with Crippen LogP contribution in [0.2, 0.25) is 0 Å². The Labute approximate surface area is 111 Å². The van der Waals surface area contributed by atoms with E-state index in [4.69, 9.17) is 15.6 Å². The van der Waals surface area contributed by atoms with Gasteiger partial charge in [-0.25, -0.2) is 0 Å². The molecular formula is C13H17N3O3. The number of nitrogens with two attached hydrogens (primary N) is 1. The standard InChI is InChI=1S/C13H17N3O3/c14-12-10-2-1-8(5-11(10)15-13(12)18)16-3-4-19-9(6-16)7-17/h1-2,5,9,12,17H,3-4,6-7,14H2,(H,15,18). The molecule has 3 rings (SSSR count). The van der Waals surface area contributed by atoms with Crippen molar-refractivity contribution < 1.29 is 14.6 Å². The molecule has 0 aromatic heterocycles. The molecule has 2 aliphatic heterocycles. The Morgan fingerprint density at radius 3 is 3.16 bits per heavy atom. The lowest BCUT2D eigenvalue weighted by Crippen LogP contribution is -2.44. The first-order chi connectivity index (χ1) is 9.19. The average Bonchev–Trinajstić information content (AvgIpc) is 2.73. The molecule has 1 aromatic rings. The molecular weight excluding hydrogens is 246 g/mol. The molecule has 0 bridgehead atoms. The Balaban J connectivity index is 1.83. The third kappa shape index (κ3) is 2.18. The van der Waals surface area contributed by atoms with Gasteiger partial charge in [0.1, 0.15) is 6.04 Å². The highest BCUT2D eigenvalue weighted by atomic mass is 16.5. The van der Waals surface area contributed by atoms with Gasteiger partial charge in [0.25, 0.3) is 0 Å². The summed E-state index contributed by atoms with van der Waals surface area (Å²) in [6.07, 6.45) is -0.154. The summed E-state index contributed by atoms with van der Waals surface area (Å²) in [6.45, 7) is 2.03. The predicted octanol–water partition coefficient (Wildman–Crippen LogP) is -0.164. The van der Waals surface area contributed by atoms with Crippen molar-refractivity contribution in [3.05, 3.63) is 23.8 Å². The van der Waals surface area contributed by atoms with Crippen molar-refractivity contribution in [2.24, 2.45) is 5.73 Å². The molecule has 0 radical (unpaired) electrons. The molecule has 0 aliphatic carbocycles. The van der Waals surface area contributed by atoms with Crippen molar-refractivity contribution in [3.8, 4) is 0 Å². The van der Waals surface area contributed by atoms with Gasteiger partial charge in [-0.05, 0) is 12.1 Å². The number of carbonyl (C=O) groups excluding carboxylic acids is 1. The predicted molar refractivity (Wildman–Crippen MR) is 71.0 cm³/mol. The minimum atomic E-state index is -0.570. The average molecular weight is 263 g/mol. The number of rotatable bonds is 2. The molecule has 19 heavy (non-hydrogen) atoms. The van der Waals surface area contributed by atoms with Gasteiger partial charge >= 0.3 is 0 Å². The second-order valence-electron chi connectivity index (χ2n) is 4.86. The molecule has 1 amide bonds. The number of ether oxygens (including phenoxy) is 1. The van der Waals surface area contributed by atoms with Crippen LogP contribution < -0.4 is 16.0 Å². The van der Waals surface area contributed by atoms with E-state index in [-0.39, 0.29) is 18.6 Å². The Kier molecular flexibility index (Phi) is 3.14. The van der Waals surface area contributed by atoms with Crippen molar-refractivity contribution in [2.45, 2.75) is 12.1 Å². The van der Waals surface area contributed by atoms with Crippen molar-refractivity contribution >= 4 is 17.3 Å². The van der Waals surface area contributed by atoms with Crippen LogP contribution in [0.5, 0.6) is 0 Å². The number of nitrogens with zero attached hydrogens (tertiary/aromatic N) is 1. The van der Waals surface area contributed by atoms with Gasteiger partial charge in [-0.2, -0.15) is 0 Å². The molecule has 6 nitrogen and oxygen atoms in total. The molecule has 2 unspecified atom stereocenters. The van der Waals surface area contributed by atoms with Crippen LogP contribution >= 0.6 is 0 Å². The van der Waals surface area contributed by atoms with Gasteiger partial charge < -0.3 is 25.8 Å². The molecule has 4 N–H and O–H groups in total. The number of fused-ring (bicyclic) bond motifs is 1. The SMILES string of the molecule is NC1C(=O)Nc2cc(N3CCOC(CO)C3)ccc21. The van der Waals surface area contributed by atoms with Crippen molar-refractivity contribution in [1.29, 1.82) is 0 Å². The number of hydrogen-bond acceptors (Lipinski definition) is 5. The van der Waals surface area contributed by atoms with Crippen LogP contribution in [0.15, 0.2) is 18.2 Å². The van der Waals surface area contributed by atoms with Gasteiger partial charge in [0.2, 0.25) is 5.91 Å². The molecule has 2 atom stereocenters. The van der Waals surface area contributed by atoms with Gasteiger partial charge in [0.15, 0.2) is 0 Å². The van der Waals surface area contributed by atoms with Gasteiger partial charge in [0.05, 0.1) is 19.3 Å². The van der Waals surface area contributed by atoms with Crippen molar-refractivity contribution in [3.63, 3.8) is 0 Å². The number of aliphatic hydroxyl groups is 1. The molecule has 6 heteroatoms. The Morgan fingerprint density at radius 1 is 1.53 bits per heavy atom. The fourth-order valence-corrected chi connectivity index (χ4v) is 2.54. The van der Waals surface area contributed by atoms with E-state index >= 15 is 0 Å². The summed E-state index contributed by atoms with van der Waals surface area (Å²) in [5, 5.41) is 11.9. The number of carbonyl (C=O) groups is 1. The van der Waals surface area contributed by atoms with Gasteiger partial charge in [-0.1, -0.05) is 6.07 Å². The summed E-state index contributed by atoms with van der Waals surface area (Å²) in [6, 6.07) is 5.20. The smallest absolute Gasteiger partial charge is 0.245 e. The zero-order chi connectivity index (χ0) is 13.4. The summed E-state index contributed by atoms with van der Waals surface area (Å²) in [7, 11) is 0. The lowest BCUT2D eigenvalue weighted by atomic mass is 10.1. The zero-order valence-electron chi connectivity index (χ0n) is 10.5. The molecule has 102 valence electrons. The number of benzene rings is 1. The summed E-state index contributed by atoms with van der Waals surface area (Å²) < 4.78 is 5.42. The molecule has 0 spiro atoms. The highest BCUT2D eigenvalue weighted by Crippen LogP contribution is 2.33. The van der Waals surface area contributed by atoms with Gasteiger partial charge in [0, 0.05) is 30.0 Å². The maximum Gasteiger partial charge on any atom is 0.245 e. The Hall–Kier alpha value is -1.63. The number of aliphatic hydroxyl groups excluding tert-OH is 1. The third-order valence-electron chi connectivity index (χ3n) is 3.62.